The number of nitrogens with one attached hydrogen (secondary N) is 1. The number of fused-ring (bicyclic) bond motifs is 1. The van der Waals surface area contributed by atoms with Crippen molar-refractivity contribution in [2.75, 3.05) is 0 Å². The fraction of sp³-hybridized carbons (Fsp3) is 0.182. The Morgan fingerprint density at radius 1 is 1.20 bits per heavy atom. The van der Waals surface area contributed by atoms with Gasteiger partial charge in [0, 0.05) is 34.8 Å². The number of halogens is 1. The number of nitrogens with zero attached hydrogens (tertiary/aromatic N) is 3. The van der Waals surface area contributed by atoms with Gasteiger partial charge in [-0.15, -0.1) is 5.10 Å². The highest BCUT2D eigenvalue weighted by atomic mass is 35.5. The van der Waals surface area contributed by atoms with Crippen molar-refractivity contribution < 1.29 is 9.53 Å². The average Bonchev–Trinajstić information content (AvgIpc) is 3.08. The first kappa shape index (κ1) is 19.8. The third kappa shape index (κ3) is 3.97. The third-order valence-electron chi connectivity index (χ3n) is 4.90. The zero-order chi connectivity index (χ0) is 21.3. The molecule has 30 heavy (non-hydrogen) atoms. The number of hydrogen-bond donors (Lipinski definition) is 1. The van der Waals surface area contributed by atoms with Crippen LogP contribution in [0.15, 0.2) is 59.4 Å². The van der Waals surface area contributed by atoms with Gasteiger partial charge in [0.05, 0.1) is 12.1 Å². The normalized spacial score (nSPS) is 12.1. The van der Waals surface area contributed by atoms with E-state index in [-0.39, 0.29) is 12.0 Å². The first-order chi connectivity index (χ1) is 14.4. The molecular formula is C22H19ClN4O3. The molecule has 0 fully saturated rings. The second kappa shape index (κ2) is 8.12. The lowest BCUT2D eigenvalue weighted by Gasteiger charge is -2.15. The maximum Gasteiger partial charge on any atom is 0.312 e. The van der Waals surface area contributed by atoms with Crippen molar-refractivity contribution in [2.24, 2.45) is 7.05 Å². The molecule has 2 aromatic heterocycles. The van der Waals surface area contributed by atoms with Crippen LogP contribution in [0.3, 0.4) is 0 Å². The predicted molar refractivity (Wildman–Crippen MR) is 114 cm³/mol. The van der Waals surface area contributed by atoms with E-state index in [0.29, 0.717) is 16.4 Å². The molecule has 1 atom stereocenters. The molecule has 0 aliphatic rings. The molecule has 152 valence electrons. The second-order valence-corrected chi connectivity index (χ2v) is 7.37. The van der Waals surface area contributed by atoms with Crippen molar-refractivity contribution in [1.82, 2.24) is 20.0 Å². The minimum absolute atomic E-state index is 0.0112. The molecule has 2 heterocycles. The lowest BCUT2D eigenvalue weighted by molar-refractivity contribution is -0.147. The summed E-state index contributed by atoms with van der Waals surface area (Å²) in [5, 5.41) is 9.71. The van der Waals surface area contributed by atoms with Crippen molar-refractivity contribution >= 4 is 28.5 Å². The summed E-state index contributed by atoms with van der Waals surface area (Å²) in [6, 6.07) is 16.0. The van der Waals surface area contributed by atoms with Crippen molar-refractivity contribution in [3.8, 4) is 11.3 Å². The Morgan fingerprint density at radius 2 is 2.00 bits per heavy atom. The highest BCUT2D eigenvalue weighted by molar-refractivity contribution is 6.31. The highest BCUT2D eigenvalue weighted by Gasteiger charge is 2.20. The summed E-state index contributed by atoms with van der Waals surface area (Å²) >= 11 is 6.20. The number of ether oxygens (including phenoxy) is 1. The molecule has 2 aromatic carbocycles. The smallest absolute Gasteiger partial charge is 0.312 e. The van der Waals surface area contributed by atoms with Crippen LogP contribution in [0.5, 0.6) is 0 Å². The van der Waals surface area contributed by atoms with Crippen molar-refractivity contribution in [1.29, 1.82) is 0 Å². The van der Waals surface area contributed by atoms with Crippen LogP contribution in [0.1, 0.15) is 24.3 Å². The number of carbonyl (C=O) groups is 1. The van der Waals surface area contributed by atoms with Crippen LogP contribution in [0, 0.1) is 0 Å². The number of esters is 1. The molecule has 1 N–H and O–H groups in total. The number of benzene rings is 2. The van der Waals surface area contributed by atoms with Crippen molar-refractivity contribution in [3.05, 3.63) is 81.2 Å². The average molecular weight is 423 g/mol. The van der Waals surface area contributed by atoms with Crippen LogP contribution in [0.4, 0.5) is 0 Å². The molecule has 7 nitrogen and oxygen atoms in total. The van der Waals surface area contributed by atoms with Gasteiger partial charge in [-0.25, -0.2) is 0 Å². The van der Waals surface area contributed by atoms with E-state index < -0.39 is 12.1 Å². The van der Waals surface area contributed by atoms with Crippen LogP contribution in [-0.4, -0.2) is 25.9 Å². The lowest BCUT2D eigenvalue weighted by Crippen LogP contribution is -2.14. The number of aryl methyl sites for hydroxylation is 1. The summed E-state index contributed by atoms with van der Waals surface area (Å²) in [5.41, 5.74) is 3.34. The van der Waals surface area contributed by atoms with E-state index in [1.807, 2.05) is 36.4 Å². The number of H-pyrrole nitrogens is 1. The van der Waals surface area contributed by atoms with Gasteiger partial charge in [0.2, 0.25) is 5.56 Å². The standard InChI is InChI=1S/C22H19ClN4O3/c1-13(16-5-3-4-6-17(16)23)30-21(29)12-19-22(25-26-27(19)2)15-7-9-18-14(11-15)8-10-20(28)24-18/h3-11,13H,12H2,1-2H3,(H,24,28)/t13-/m1/s1. The summed E-state index contributed by atoms with van der Waals surface area (Å²) in [7, 11) is 1.73. The maximum atomic E-state index is 12.6. The van der Waals surface area contributed by atoms with Gasteiger partial charge in [-0.3, -0.25) is 14.3 Å². The van der Waals surface area contributed by atoms with Gasteiger partial charge in [0.25, 0.3) is 0 Å². The monoisotopic (exact) mass is 422 g/mol. The first-order valence-electron chi connectivity index (χ1n) is 9.38. The second-order valence-electron chi connectivity index (χ2n) is 6.96. The Morgan fingerprint density at radius 3 is 2.80 bits per heavy atom. The summed E-state index contributed by atoms with van der Waals surface area (Å²) < 4.78 is 7.15. The van der Waals surface area contributed by atoms with Gasteiger partial charge >= 0.3 is 5.97 Å². The van der Waals surface area contributed by atoms with E-state index in [9.17, 15) is 9.59 Å². The Labute approximate surface area is 177 Å². The summed E-state index contributed by atoms with van der Waals surface area (Å²) in [6.45, 7) is 1.78. The van der Waals surface area contributed by atoms with Gasteiger partial charge in [-0.05, 0) is 36.6 Å². The number of hydrogen-bond acceptors (Lipinski definition) is 5. The van der Waals surface area contributed by atoms with Crippen LogP contribution >= 0.6 is 11.6 Å². The third-order valence-corrected chi connectivity index (χ3v) is 5.25. The largest absolute Gasteiger partial charge is 0.457 e. The van der Waals surface area contributed by atoms with E-state index >= 15 is 0 Å². The molecule has 0 amide bonds. The van der Waals surface area contributed by atoms with E-state index in [0.717, 1.165) is 22.0 Å². The maximum absolute atomic E-state index is 12.6. The summed E-state index contributed by atoms with van der Waals surface area (Å²) in [4.78, 5) is 26.9. The van der Waals surface area contributed by atoms with Gasteiger partial charge in [-0.1, -0.05) is 41.1 Å². The molecule has 0 saturated carbocycles. The van der Waals surface area contributed by atoms with Crippen LogP contribution < -0.4 is 5.56 Å². The topological polar surface area (TPSA) is 89.9 Å². The van der Waals surface area contributed by atoms with Gasteiger partial charge < -0.3 is 9.72 Å². The van der Waals surface area contributed by atoms with E-state index in [2.05, 4.69) is 15.3 Å². The molecule has 0 bridgehead atoms. The zero-order valence-corrected chi connectivity index (χ0v) is 17.2. The SMILES string of the molecule is C[C@@H](OC(=O)Cc1c(-c2ccc3[nH]c(=O)ccc3c2)nnn1C)c1ccccc1Cl. The highest BCUT2D eigenvalue weighted by Crippen LogP contribution is 2.27. The van der Waals surface area contributed by atoms with E-state index in [1.165, 1.54) is 6.07 Å². The van der Waals surface area contributed by atoms with Crippen LogP contribution in [0.25, 0.3) is 22.2 Å². The molecule has 0 radical (unpaired) electrons. The van der Waals surface area contributed by atoms with E-state index in [4.69, 9.17) is 16.3 Å². The number of rotatable bonds is 5. The molecular weight excluding hydrogens is 404 g/mol. The van der Waals surface area contributed by atoms with Crippen molar-refractivity contribution in [2.45, 2.75) is 19.4 Å². The fourth-order valence-electron chi connectivity index (χ4n) is 3.34. The predicted octanol–water partition coefficient (Wildman–Crippen LogP) is 3.82. The molecule has 0 aliphatic carbocycles. The van der Waals surface area contributed by atoms with Gasteiger partial charge in [0.1, 0.15) is 11.8 Å². The molecule has 4 aromatic rings. The molecule has 0 spiro atoms. The number of carbonyl (C=O) groups excluding carboxylic acids is 1. The van der Waals surface area contributed by atoms with E-state index in [1.54, 1.807) is 30.8 Å². The minimum Gasteiger partial charge on any atom is -0.457 e. The van der Waals surface area contributed by atoms with Crippen LogP contribution in [0.2, 0.25) is 5.02 Å². The molecule has 0 saturated heterocycles. The summed E-state index contributed by atoms with van der Waals surface area (Å²) in [5.74, 6) is -0.404. The van der Waals surface area contributed by atoms with Gasteiger partial charge in [0.15, 0.2) is 0 Å². The van der Waals surface area contributed by atoms with Gasteiger partial charge in [-0.2, -0.15) is 0 Å². The van der Waals surface area contributed by atoms with Crippen LogP contribution in [-0.2, 0) is 23.0 Å². The number of aromatic nitrogens is 4. The fourth-order valence-corrected chi connectivity index (χ4v) is 3.63. The lowest BCUT2D eigenvalue weighted by atomic mass is 10.1. The molecule has 8 heteroatoms. The summed E-state index contributed by atoms with van der Waals surface area (Å²) in [6.07, 6.45) is -0.467. The first-order valence-corrected chi connectivity index (χ1v) is 9.76. The quantitative estimate of drug-likeness (QED) is 0.494. The zero-order valence-electron chi connectivity index (χ0n) is 16.4. The molecule has 0 aliphatic heterocycles. The Hall–Kier alpha value is -3.45. The Kier molecular flexibility index (Phi) is 5.37. The molecule has 4 rings (SSSR count). The minimum atomic E-state index is -0.478. The Balaban J connectivity index is 1.58. The number of aromatic amines is 1. The molecule has 0 unspecified atom stereocenters. The Bertz CT molecular complexity index is 1300. The van der Waals surface area contributed by atoms with Crippen molar-refractivity contribution in [3.63, 3.8) is 0 Å². The number of pyridine rings is 1.